The number of rotatable bonds is 6. The van der Waals surface area contributed by atoms with Crippen molar-refractivity contribution in [1.29, 1.82) is 0 Å². The normalized spacial score (nSPS) is 24.9. The lowest BCUT2D eigenvalue weighted by molar-refractivity contribution is -0.142. The van der Waals surface area contributed by atoms with E-state index in [1.165, 1.54) is 4.31 Å². The largest absolute Gasteiger partial charge is 0.481 e. The predicted molar refractivity (Wildman–Crippen MR) is 66.8 cm³/mol. The summed E-state index contributed by atoms with van der Waals surface area (Å²) in [5.41, 5.74) is 0. The molecule has 1 rings (SSSR count). The lowest BCUT2D eigenvalue weighted by atomic mass is 10.0. The first kappa shape index (κ1) is 15.4. The monoisotopic (exact) mass is 279 g/mol. The van der Waals surface area contributed by atoms with Gasteiger partial charge in [0.05, 0.1) is 30.4 Å². The average molecular weight is 279 g/mol. The fourth-order valence-corrected chi connectivity index (χ4v) is 3.60. The van der Waals surface area contributed by atoms with Gasteiger partial charge in [-0.3, -0.25) is 4.79 Å². The van der Waals surface area contributed by atoms with Gasteiger partial charge in [-0.1, -0.05) is 6.92 Å². The van der Waals surface area contributed by atoms with Gasteiger partial charge in [0.25, 0.3) is 0 Å². The van der Waals surface area contributed by atoms with Crippen molar-refractivity contribution in [2.75, 3.05) is 19.8 Å². The Morgan fingerprint density at radius 3 is 2.50 bits per heavy atom. The second kappa shape index (κ2) is 5.99. The molecule has 0 spiro atoms. The second-order valence-electron chi connectivity index (χ2n) is 4.75. The van der Waals surface area contributed by atoms with Crippen molar-refractivity contribution < 1.29 is 23.1 Å². The average Bonchev–Trinajstić information content (AvgIpc) is 2.73. The van der Waals surface area contributed by atoms with Crippen LogP contribution in [0.15, 0.2) is 0 Å². The molecule has 2 unspecified atom stereocenters. The number of hydrogen-bond acceptors (Lipinski definition) is 4. The third-order valence-electron chi connectivity index (χ3n) is 3.10. The van der Waals surface area contributed by atoms with Crippen molar-refractivity contribution in [3.05, 3.63) is 0 Å². The van der Waals surface area contributed by atoms with Crippen molar-refractivity contribution >= 4 is 16.0 Å². The Bertz CT molecular complexity index is 392. The molecule has 1 heterocycles. The topological polar surface area (TPSA) is 83.9 Å². The van der Waals surface area contributed by atoms with Gasteiger partial charge in [-0.2, -0.15) is 4.31 Å². The van der Waals surface area contributed by atoms with Gasteiger partial charge in [-0.05, 0) is 20.3 Å². The Morgan fingerprint density at radius 1 is 1.44 bits per heavy atom. The van der Waals surface area contributed by atoms with Crippen LogP contribution in [0.2, 0.25) is 0 Å². The predicted octanol–water partition coefficient (Wildman–Crippen LogP) is 0.536. The smallest absolute Gasteiger partial charge is 0.310 e. The summed E-state index contributed by atoms with van der Waals surface area (Å²) in [7, 11) is -3.46. The van der Waals surface area contributed by atoms with E-state index in [0.717, 1.165) is 0 Å². The summed E-state index contributed by atoms with van der Waals surface area (Å²) in [6, 6.07) is -0.588. The van der Waals surface area contributed by atoms with Crippen LogP contribution in [0.3, 0.4) is 0 Å². The summed E-state index contributed by atoms with van der Waals surface area (Å²) >= 11 is 0. The van der Waals surface area contributed by atoms with Gasteiger partial charge in [0.15, 0.2) is 0 Å². The number of hydrogen-bond donors (Lipinski definition) is 1. The zero-order valence-electron chi connectivity index (χ0n) is 11.0. The molecule has 0 aromatic rings. The van der Waals surface area contributed by atoms with Gasteiger partial charge in [0, 0.05) is 6.54 Å². The first-order chi connectivity index (χ1) is 8.32. The van der Waals surface area contributed by atoms with Gasteiger partial charge in [-0.25, -0.2) is 8.42 Å². The third-order valence-corrected chi connectivity index (χ3v) is 5.40. The van der Waals surface area contributed by atoms with E-state index < -0.39 is 33.2 Å². The minimum atomic E-state index is -3.46. The number of carboxylic acid groups (broad SMARTS) is 1. The Kier molecular flexibility index (Phi) is 5.12. The minimum Gasteiger partial charge on any atom is -0.481 e. The van der Waals surface area contributed by atoms with Gasteiger partial charge in [-0.15, -0.1) is 0 Å². The molecule has 0 aliphatic carbocycles. The lowest BCUT2D eigenvalue weighted by Crippen LogP contribution is -2.49. The van der Waals surface area contributed by atoms with E-state index >= 15 is 0 Å². The maximum Gasteiger partial charge on any atom is 0.310 e. The Morgan fingerprint density at radius 2 is 2.06 bits per heavy atom. The summed E-state index contributed by atoms with van der Waals surface area (Å²) in [5, 5.41) is 8.55. The molecular formula is C11H21NO5S. The molecule has 6 nitrogen and oxygen atoms in total. The molecule has 0 aromatic heterocycles. The zero-order chi connectivity index (χ0) is 13.9. The van der Waals surface area contributed by atoms with Crippen LogP contribution in [0.25, 0.3) is 0 Å². The molecular weight excluding hydrogens is 258 g/mol. The number of ether oxygens (including phenoxy) is 1. The number of carbonyl (C=O) groups is 1. The van der Waals surface area contributed by atoms with Crippen LogP contribution < -0.4 is 0 Å². The van der Waals surface area contributed by atoms with Crippen molar-refractivity contribution in [2.45, 2.75) is 38.5 Å². The van der Waals surface area contributed by atoms with Crippen LogP contribution in [0.4, 0.5) is 0 Å². The molecule has 0 bridgehead atoms. The van der Waals surface area contributed by atoms with Crippen LogP contribution in [0, 0.1) is 5.92 Å². The zero-order valence-corrected chi connectivity index (χ0v) is 11.8. The Hall–Kier alpha value is -0.660. The Labute approximate surface area is 108 Å². The molecule has 1 fully saturated rings. The third kappa shape index (κ3) is 3.02. The van der Waals surface area contributed by atoms with Crippen LogP contribution in [-0.4, -0.2) is 54.8 Å². The first-order valence-electron chi connectivity index (χ1n) is 6.13. The fourth-order valence-electron chi connectivity index (χ4n) is 2.04. The molecule has 0 aromatic carbocycles. The van der Waals surface area contributed by atoms with E-state index in [-0.39, 0.29) is 13.2 Å². The van der Waals surface area contributed by atoms with Gasteiger partial charge >= 0.3 is 5.97 Å². The summed E-state index contributed by atoms with van der Waals surface area (Å²) < 4.78 is 31.0. The summed E-state index contributed by atoms with van der Waals surface area (Å²) in [4.78, 5) is 11.1. The molecule has 7 heteroatoms. The quantitative estimate of drug-likeness (QED) is 0.767. The van der Waals surface area contributed by atoms with Crippen LogP contribution in [0.1, 0.15) is 27.2 Å². The summed E-state index contributed by atoms with van der Waals surface area (Å²) in [5.74, 6) is -1.78. The molecule has 1 saturated heterocycles. The lowest BCUT2D eigenvalue weighted by Gasteiger charge is -2.30. The molecule has 2 atom stereocenters. The highest BCUT2D eigenvalue weighted by molar-refractivity contribution is 7.89. The SMILES string of the molecule is CCCN(C1COCC1C(=O)O)S(=O)(=O)C(C)C. The molecule has 1 aliphatic rings. The van der Waals surface area contributed by atoms with Crippen molar-refractivity contribution in [3.63, 3.8) is 0 Å². The maximum absolute atomic E-state index is 12.3. The molecule has 1 N–H and O–H groups in total. The number of sulfonamides is 1. The van der Waals surface area contributed by atoms with Crippen LogP contribution in [-0.2, 0) is 19.6 Å². The van der Waals surface area contributed by atoms with E-state index in [4.69, 9.17) is 9.84 Å². The molecule has 0 saturated carbocycles. The number of aliphatic carboxylic acids is 1. The second-order valence-corrected chi connectivity index (χ2v) is 7.20. The number of nitrogens with zero attached hydrogens (tertiary/aromatic N) is 1. The van der Waals surface area contributed by atoms with Crippen molar-refractivity contribution in [1.82, 2.24) is 4.31 Å². The molecule has 0 amide bonds. The van der Waals surface area contributed by atoms with Crippen molar-refractivity contribution in [2.24, 2.45) is 5.92 Å². The van der Waals surface area contributed by atoms with Gasteiger partial charge in [0.1, 0.15) is 0 Å². The van der Waals surface area contributed by atoms with E-state index in [1.54, 1.807) is 13.8 Å². The molecule has 106 valence electrons. The summed E-state index contributed by atoms with van der Waals surface area (Å²) in [6.45, 7) is 5.64. The van der Waals surface area contributed by atoms with Crippen LogP contribution in [0.5, 0.6) is 0 Å². The standard InChI is InChI=1S/C11H21NO5S/c1-4-5-12(18(15,16)8(2)3)10-7-17-6-9(10)11(13)14/h8-10H,4-7H2,1-3H3,(H,13,14). The van der Waals surface area contributed by atoms with Crippen molar-refractivity contribution in [3.8, 4) is 0 Å². The highest BCUT2D eigenvalue weighted by atomic mass is 32.2. The highest BCUT2D eigenvalue weighted by Crippen LogP contribution is 2.24. The van der Waals surface area contributed by atoms with E-state index in [0.29, 0.717) is 13.0 Å². The Balaban J connectivity index is 3.02. The van der Waals surface area contributed by atoms with Gasteiger partial charge < -0.3 is 9.84 Å². The van der Waals surface area contributed by atoms with E-state index in [9.17, 15) is 13.2 Å². The first-order valence-corrected chi connectivity index (χ1v) is 7.63. The van der Waals surface area contributed by atoms with E-state index in [1.807, 2.05) is 6.92 Å². The maximum atomic E-state index is 12.3. The molecule has 0 radical (unpaired) electrons. The van der Waals surface area contributed by atoms with E-state index in [2.05, 4.69) is 0 Å². The molecule has 1 aliphatic heterocycles. The summed E-state index contributed by atoms with van der Waals surface area (Å²) in [6.07, 6.45) is 0.648. The minimum absolute atomic E-state index is 0.0772. The highest BCUT2D eigenvalue weighted by Gasteiger charge is 2.43. The number of carboxylic acids is 1. The van der Waals surface area contributed by atoms with Crippen LogP contribution >= 0.6 is 0 Å². The van der Waals surface area contributed by atoms with Gasteiger partial charge in [0.2, 0.25) is 10.0 Å². The molecule has 18 heavy (non-hydrogen) atoms. The fraction of sp³-hybridized carbons (Fsp3) is 0.909.